The van der Waals surface area contributed by atoms with Crippen LogP contribution in [-0.4, -0.2) is 10.1 Å². The van der Waals surface area contributed by atoms with Crippen LogP contribution in [-0.2, 0) is 0 Å². The van der Waals surface area contributed by atoms with Gasteiger partial charge in [-0.05, 0) is 35.7 Å². The Morgan fingerprint density at radius 2 is 2.06 bits per heavy atom. The number of benzene rings is 1. The second kappa shape index (κ2) is 4.10. The van der Waals surface area contributed by atoms with Crippen LogP contribution in [0.3, 0.4) is 0 Å². The Labute approximate surface area is 106 Å². The summed E-state index contributed by atoms with van der Waals surface area (Å²) in [6.45, 7) is 4.26. The van der Waals surface area contributed by atoms with E-state index in [-0.39, 0.29) is 0 Å². The Bertz CT molecular complexity index is 593. The van der Waals surface area contributed by atoms with Gasteiger partial charge in [0.25, 0.3) is 0 Å². The highest BCUT2D eigenvalue weighted by Crippen LogP contribution is 2.42. The van der Waals surface area contributed by atoms with Gasteiger partial charge in [-0.1, -0.05) is 19.9 Å². The van der Waals surface area contributed by atoms with Crippen LogP contribution in [0.2, 0.25) is 0 Å². The van der Waals surface area contributed by atoms with E-state index in [2.05, 4.69) is 18.8 Å². The van der Waals surface area contributed by atoms with Crippen LogP contribution in [0.4, 0.5) is 0 Å². The van der Waals surface area contributed by atoms with Crippen molar-refractivity contribution in [3.05, 3.63) is 53.2 Å². The summed E-state index contributed by atoms with van der Waals surface area (Å²) in [6.07, 6.45) is 1.01. The Hall–Kier alpha value is -1.87. The summed E-state index contributed by atoms with van der Waals surface area (Å²) in [5.74, 6) is 1.62. The molecule has 0 fully saturated rings. The van der Waals surface area contributed by atoms with E-state index in [1.54, 1.807) is 6.20 Å². The first-order chi connectivity index (χ1) is 8.66. The van der Waals surface area contributed by atoms with E-state index in [0.717, 1.165) is 11.1 Å². The Morgan fingerprint density at radius 3 is 2.83 bits per heavy atom. The molecule has 1 unspecified atom stereocenters. The Balaban J connectivity index is 2.11. The molecule has 92 valence electrons. The molecule has 0 saturated heterocycles. The zero-order chi connectivity index (χ0) is 12.7. The lowest BCUT2D eigenvalue weighted by atomic mass is 9.94. The molecule has 3 nitrogen and oxygen atoms in total. The van der Waals surface area contributed by atoms with E-state index in [1.807, 2.05) is 30.3 Å². The van der Waals surface area contributed by atoms with Crippen LogP contribution < -0.4 is 4.74 Å². The van der Waals surface area contributed by atoms with Crippen LogP contribution in [0.15, 0.2) is 36.5 Å². The monoisotopic (exact) mass is 241 g/mol. The number of rotatable bonds is 1. The number of aliphatic hydroxyl groups excluding tert-OH is 1. The summed E-state index contributed by atoms with van der Waals surface area (Å²) in [5.41, 5.74) is 2.75. The van der Waals surface area contributed by atoms with Crippen molar-refractivity contribution in [2.75, 3.05) is 0 Å². The van der Waals surface area contributed by atoms with Crippen molar-refractivity contribution in [3.63, 3.8) is 0 Å². The molecule has 0 amide bonds. The largest absolute Gasteiger partial charge is 0.438 e. The van der Waals surface area contributed by atoms with E-state index in [0.29, 0.717) is 17.5 Å². The van der Waals surface area contributed by atoms with Crippen LogP contribution >= 0.6 is 0 Å². The average Bonchev–Trinajstić information content (AvgIpc) is 2.38. The quantitative estimate of drug-likeness (QED) is 0.832. The van der Waals surface area contributed by atoms with Crippen molar-refractivity contribution in [1.29, 1.82) is 0 Å². The smallest absolute Gasteiger partial charge is 0.225 e. The minimum atomic E-state index is -0.656. The molecule has 2 heterocycles. The van der Waals surface area contributed by atoms with Crippen molar-refractivity contribution in [1.82, 2.24) is 4.98 Å². The molecule has 0 radical (unpaired) electrons. The number of pyridine rings is 1. The summed E-state index contributed by atoms with van der Waals surface area (Å²) >= 11 is 0. The fourth-order valence-corrected chi connectivity index (χ4v) is 2.20. The van der Waals surface area contributed by atoms with Gasteiger partial charge < -0.3 is 9.84 Å². The topological polar surface area (TPSA) is 42.4 Å². The van der Waals surface area contributed by atoms with Gasteiger partial charge >= 0.3 is 0 Å². The lowest BCUT2D eigenvalue weighted by Gasteiger charge is -2.24. The molecule has 18 heavy (non-hydrogen) atoms. The van der Waals surface area contributed by atoms with Crippen molar-refractivity contribution < 1.29 is 9.84 Å². The summed E-state index contributed by atoms with van der Waals surface area (Å²) in [6, 6.07) is 9.61. The van der Waals surface area contributed by atoms with Crippen LogP contribution in [0.5, 0.6) is 11.6 Å². The molecule has 1 atom stereocenters. The van der Waals surface area contributed by atoms with Gasteiger partial charge in [-0.15, -0.1) is 0 Å². The fraction of sp³-hybridized carbons (Fsp3) is 0.267. The maximum Gasteiger partial charge on any atom is 0.225 e. The Morgan fingerprint density at radius 1 is 1.22 bits per heavy atom. The highest BCUT2D eigenvalue weighted by atomic mass is 16.5. The van der Waals surface area contributed by atoms with Crippen molar-refractivity contribution >= 4 is 0 Å². The number of nitrogens with zero attached hydrogens (tertiary/aromatic N) is 1. The van der Waals surface area contributed by atoms with Gasteiger partial charge in [0.15, 0.2) is 0 Å². The maximum absolute atomic E-state index is 10.4. The van der Waals surface area contributed by atoms with Crippen molar-refractivity contribution in [3.8, 4) is 11.6 Å². The minimum absolute atomic E-state index is 0.429. The minimum Gasteiger partial charge on any atom is -0.438 e. The highest BCUT2D eigenvalue weighted by Gasteiger charge is 2.26. The van der Waals surface area contributed by atoms with E-state index >= 15 is 0 Å². The third kappa shape index (κ3) is 1.68. The zero-order valence-electron chi connectivity index (χ0n) is 10.4. The van der Waals surface area contributed by atoms with Gasteiger partial charge in [-0.2, -0.15) is 0 Å². The molecular weight excluding hydrogens is 226 g/mol. The molecule has 0 aliphatic carbocycles. The fourth-order valence-electron chi connectivity index (χ4n) is 2.20. The van der Waals surface area contributed by atoms with E-state index in [9.17, 15) is 5.11 Å². The van der Waals surface area contributed by atoms with E-state index < -0.39 is 6.10 Å². The van der Waals surface area contributed by atoms with Gasteiger partial charge in [0.2, 0.25) is 5.88 Å². The summed E-state index contributed by atoms with van der Waals surface area (Å²) in [4.78, 5) is 4.14. The summed E-state index contributed by atoms with van der Waals surface area (Å²) in [7, 11) is 0. The molecular formula is C15H15NO2. The standard InChI is InChI=1S/C15H15NO2/c1-9(2)10-5-6-13-12(8-10)14(17)11-4-3-7-16-15(11)18-13/h3-9,14,17H,1-2H3. The van der Waals surface area contributed by atoms with Crippen LogP contribution in [0.1, 0.15) is 42.6 Å². The normalized spacial score (nSPS) is 17.0. The van der Waals surface area contributed by atoms with Gasteiger partial charge in [-0.3, -0.25) is 0 Å². The third-order valence-electron chi connectivity index (χ3n) is 3.30. The second-order valence-electron chi connectivity index (χ2n) is 4.85. The molecule has 1 aromatic carbocycles. The number of ether oxygens (including phenoxy) is 1. The number of hydrogen-bond acceptors (Lipinski definition) is 3. The number of aliphatic hydroxyl groups is 1. The number of aromatic nitrogens is 1. The molecule has 2 aromatic rings. The average molecular weight is 241 g/mol. The summed E-state index contributed by atoms with van der Waals surface area (Å²) in [5, 5.41) is 10.4. The first-order valence-electron chi connectivity index (χ1n) is 6.11. The first-order valence-corrected chi connectivity index (χ1v) is 6.11. The van der Waals surface area contributed by atoms with Gasteiger partial charge in [0.1, 0.15) is 11.9 Å². The SMILES string of the molecule is CC(C)c1ccc2c(c1)C(O)c1cccnc1O2. The lowest BCUT2D eigenvalue weighted by molar-refractivity contribution is 0.200. The highest BCUT2D eigenvalue weighted by molar-refractivity contribution is 5.50. The Kier molecular flexibility index (Phi) is 2.56. The molecule has 0 spiro atoms. The predicted molar refractivity (Wildman–Crippen MR) is 68.9 cm³/mol. The molecule has 1 aliphatic heterocycles. The number of fused-ring (bicyclic) bond motifs is 2. The second-order valence-corrected chi connectivity index (χ2v) is 4.85. The maximum atomic E-state index is 10.4. The molecule has 3 heteroatoms. The van der Waals surface area contributed by atoms with Gasteiger partial charge in [0.05, 0.1) is 0 Å². The third-order valence-corrected chi connectivity index (χ3v) is 3.30. The van der Waals surface area contributed by atoms with E-state index in [4.69, 9.17) is 4.74 Å². The molecule has 0 saturated carbocycles. The predicted octanol–water partition coefficient (Wildman–Crippen LogP) is 3.39. The molecule has 1 N–H and O–H groups in total. The number of hydrogen-bond donors (Lipinski definition) is 1. The van der Waals surface area contributed by atoms with Crippen LogP contribution in [0, 0.1) is 0 Å². The zero-order valence-corrected chi connectivity index (χ0v) is 10.4. The first kappa shape index (κ1) is 11.2. The van der Waals surface area contributed by atoms with Crippen LogP contribution in [0.25, 0.3) is 0 Å². The lowest BCUT2D eigenvalue weighted by Crippen LogP contribution is -2.11. The molecule has 3 rings (SSSR count). The molecule has 1 aromatic heterocycles. The van der Waals surface area contributed by atoms with Crippen molar-refractivity contribution in [2.45, 2.75) is 25.9 Å². The van der Waals surface area contributed by atoms with Gasteiger partial charge in [0, 0.05) is 17.3 Å². The van der Waals surface area contributed by atoms with Gasteiger partial charge in [-0.25, -0.2) is 4.98 Å². The molecule has 1 aliphatic rings. The van der Waals surface area contributed by atoms with Crippen molar-refractivity contribution in [2.24, 2.45) is 0 Å². The van der Waals surface area contributed by atoms with E-state index in [1.165, 1.54) is 5.56 Å². The summed E-state index contributed by atoms with van der Waals surface area (Å²) < 4.78 is 5.71. The molecule has 0 bridgehead atoms.